The average molecular weight is 360 g/mol. The van der Waals surface area contributed by atoms with Crippen LogP contribution in [-0.4, -0.2) is 33.2 Å². The smallest absolute Gasteiger partial charge is 0.141 e. The summed E-state index contributed by atoms with van der Waals surface area (Å²) in [6, 6.07) is 9.71. The first-order valence-corrected chi connectivity index (χ1v) is 7.53. The van der Waals surface area contributed by atoms with Crippen molar-refractivity contribution >= 4 is 44.2 Å². The molecule has 0 amide bonds. The first kappa shape index (κ1) is 14.7. The van der Waals surface area contributed by atoms with Gasteiger partial charge in [0, 0.05) is 22.1 Å². The fourth-order valence-corrected chi connectivity index (χ4v) is 2.44. The highest BCUT2D eigenvalue weighted by Gasteiger charge is 2.06. The Morgan fingerprint density at radius 3 is 2.86 bits per heavy atom. The van der Waals surface area contributed by atoms with Crippen molar-refractivity contribution in [2.24, 2.45) is 0 Å². The lowest BCUT2D eigenvalue weighted by molar-refractivity contribution is 0.311. The summed E-state index contributed by atoms with van der Waals surface area (Å²) in [6.07, 6.45) is 3.19. The molecule has 0 aliphatic heterocycles. The first-order chi connectivity index (χ1) is 10.8. The molecular weight excluding hydrogens is 346 g/mol. The van der Waals surface area contributed by atoms with Crippen LogP contribution in [0.4, 0.5) is 17.3 Å². The molecule has 0 spiro atoms. The van der Waals surface area contributed by atoms with Gasteiger partial charge in [-0.3, -0.25) is 0 Å². The summed E-state index contributed by atoms with van der Waals surface area (Å²) >= 11 is 3.45. The summed E-state index contributed by atoms with van der Waals surface area (Å²) in [6.45, 7) is 0.495. The van der Waals surface area contributed by atoms with Crippen molar-refractivity contribution in [1.29, 1.82) is 0 Å². The standard InChI is InChI=1S/C15H14BrN5O/c16-10-2-1-3-11(6-10)21-15-12-7-14(17-4-5-22)18-8-13(12)19-9-20-15/h1-3,6-9,22H,4-5H2,(H,17,18)(H,19,20,21). The van der Waals surface area contributed by atoms with E-state index >= 15 is 0 Å². The molecule has 0 saturated heterocycles. The number of rotatable bonds is 5. The molecular formula is C15H14BrN5O. The van der Waals surface area contributed by atoms with Crippen molar-refractivity contribution in [2.75, 3.05) is 23.8 Å². The van der Waals surface area contributed by atoms with Crippen LogP contribution in [0.25, 0.3) is 10.9 Å². The largest absolute Gasteiger partial charge is 0.395 e. The molecule has 0 unspecified atom stereocenters. The van der Waals surface area contributed by atoms with Crippen LogP contribution >= 0.6 is 15.9 Å². The number of fused-ring (bicyclic) bond motifs is 1. The van der Waals surface area contributed by atoms with E-state index in [1.54, 1.807) is 6.20 Å². The van der Waals surface area contributed by atoms with E-state index in [0.29, 0.717) is 18.2 Å². The van der Waals surface area contributed by atoms with Gasteiger partial charge >= 0.3 is 0 Å². The highest BCUT2D eigenvalue weighted by Crippen LogP contribution is 2.25. The molecule has 0 bridgehead atoms. The number of nitrogens with zero attached hydrogens (tertiary/aromatic N) is 3. The quantitative estimate of drug-likeness (QED) is 0.649. The Morgan fingerprint density at radius 1 is 1.14 bits per heavy atom. The van der Waals surface area contributed by atoms with Gasteiger partial charge in [-0.2, -0.15) is 0 Å². The van der Waals surface area contributed by atoms with Crippen molar-refractivity contribution in [1.82, 2.24) is 15.0 Å². The predicted molar refractivity (Wildman–Crippen MR) is 90.3 cm³/mol. The SMILES string of the molecule is OCCNc1cc2c(Nc3cccc(Br)c3)ncnc2cn1. The lowest BCUT2D eigenvalue weighted by atomic mass is 10.2. The van der Waals surface area contributed by atoms with Gasteiger partial charge in [-0.15, -0.1) is 0 Å². The molecule has 0 saturated carbocycles. The zero-order chi connectivity index (χ0) is 15.4. The maximum Gasteiger partial charge on any atom is 0.141 e. The van der Waals surface area contributed by atoms with Crippen LogP contribution in [0.5, 0.6) is 0 Å². The third-order valence-electron chi connectivity index (χ3n) is 3.03. The maximum atomic E-state index is 8.88. The fraction of sp³-hybridized carbons (Fsp3) is 0.133. The van der Waals surface area contributed by atoms with Crippen LogP contribution in [0.1, 0.15) is 0 Å². The third kappa shape index (κ3) is 3.32. The molecule has 3 N–H and O–H groups in total. The van der Waals surface area contributed by atoms with E-state index in [0.717, 1.165) is 21.1 Å². The monoisotopic (exact) mass is 359 g/mol. The fourth-order valence-electron chi connectivity index (χ4n) is 2.04. The second kappa shape index (κ2) is 6.67. The molecule has 3 rings (SSSR count). The normalized spacial score (nSPS) is 10.6. The lowest BCUT2D eigenvalue weighted by Gasteiger charge is -2.10. The molecule has 0 aliphatic carbocycles. The third-order valence-corrected chi connectivity index (χ3v) is 3.52. The van der Waals surface area contributed by atoms with E-state index in [1.807, 2.05) is 30.3 Å². The summed E-state index contributed by atoms with van der Waals surface area (Å²) in [5, 5.41) is 16.1. The molecule has 3 aromatic rings. The summed E-state index contributed by atoms with van der Waals surface area (Å²) in [5.74, 6) is 1.38. The molecule has 0 radical (unpaired) electrons. The summed E-state index contributed by atoms with van der Waals surface area (Å²) < 4.78 is 0.989. The zero-order valence-corrected chi connectivity index (χ0v) is 13.2. The second-order valence-corrected chi connectivity index (χ2v) is 5.51. The van der Waals surface area contributed by atoms with Crippen LogP contribution in [-0.2, 0) is 0 Å². The number of aliphatic hydroxyl groups is 1. The van der Waals surface area contributed by atoms with Gasteiger partial charge in [0.1, 0.15) is 18.0 Å². The van der Waals surface area contributed by atoms with Gasteiger partial charge in [-0.05, 0) is 24.3 Å². The Hall–Kier alpha value is -2.25. The minimum atomic E-state index is 0.0498. The molecule has 1 aromatic carbocycles. The van der Waals surface area contributed by atoms with Crippen molar-refractivity contribution in [3.05, 3.63) is 47.3 Å². The van der Waals surface area contributed by atoms with Crippen molar-refractivity contribution in [3.63, 3.8) is 0 Å². The number of aromatic nitrogens is 3. The summed E-state index contributed by atoms with van der Waals surface area (Å²) in [7, 11) is 0. The minimum Gasteiger partial charge on any atom is -0.395 e. The predicted octanol–water partition coefficient (Wildman–Crippen LogP) is 2.94. The average Bonchev–Trinajstić information content (AvgIpc) is 2.53. The second-order valence-electron chi connectivity index (χ2n) is 4.59. The number of hydrogen-bond donors (Lipinski definition) is 3. The number of aliphatic hydroxyl groups excluding tert-OH is 1. The van der Waals surface area contributed by atoms with Gasteiger partial charge in [0.15, 0.2) is 0 Å². The van der Waals surface area contributed by atoms with Gasteiger partial charge in [-0.1, -0.05) is 22.0 Å². The van der Waals surface area contributed by atoms with E-state index in [1.165, 1.54) is 6.33 Å². The highest BCUT2D eigenvalue weighted by atomic mass is 79.9. The van der Waals surface area contributed by atoms with Gasteiger partial charge < -0.3 is 15.7 Å². The molecule has 0 fully saturated rings. The van der Waals surface area contributed by atoms with Gasteiger partial charge in [-0.25, -0.2) is 15.0 Å². The van der Waals surface area contributed by atoms with Crippen LogP contribution in [0.15, 0.2) is 47.3 Å². The molecule has 22 heavy (non-hydrogen) atoms. The van der Waals surface area contributed by atoms with Gasteiger partial charge in [0.05, 0.1) is 18.3 Å². The van der Waals surface area contributed by atoms with E-state index < -0.39 is 0 Å². The highest BCUT2D eigenvalue weighted by molar-refractivity contribution is 9.10. The molecule has 2 heterocycles. The minimum absolute atomic E-state index is 0.0498. The Bertz CT molecular complexity index is 796. The van der Waals surface area contributed by atoms with Crippen LogP contribution in [0.2, 0.25) is 0 Å². The van der Waals surface area contributed by atoms with Gasteiger partial charge in [0.2, 0.25) is 0 Å². The molecule has 7 heteroatoms. The number of hydrogen-bond acceptors (Lipinski definition) is 6. The molecule has 0 atom stereocenters. The van der Waals surface area contributed by atoms with Crippen LogP contribution in [0.3, 0.4) is 0 Å². The number of pyridine rings is 1. The van der Waals surface area contributed by atoms with Crippen molar-refractivity contribution in [3.8, 4) is 0 Å². The number of anilines is 3. The van der Waals surface area contributed by atoms with Crippen molar-refractivity contribution < 1.29 is 5.11 Å². The molecule has 2 aromatic heterocycles. The Morgan fingerprint density at radius 2 is 2.05 bits per heavy atom. The summed E-state index contributed by atoms with van der Waals surface area (Å²) in [4.78, 5) is 12.8. The Labute approximate surface area is 135 Å². The topological polar surface area (TPSA) is 83.0 Å². The van der Waals surface area contributed by atoms with E-state index in [-0.39, 0.29) is 6.61 Å². The molecule has 6 nitrogen and oxygen atoms in total. The van der Waals surface area contributed by atoms with Gasteiger partial charge in [0.25, 0.3) is 0 Å². The number of benzene rings is 1. The molecule has 112 valence electrons. The van der Waals surface area contributed by atoms with Crippen LogP contribution in [0, 0.1) is 0 Å². The van der Waals surface area contributed by atoms with Crippen molar-refractivity contribution in [2.45, 2.75) is 0 Å². The first-order valence-electron chi connectivity index (χ1n) is 6.74. The van der Waals surface area contributed by atoms with E-state index in [2.05, 4.69) is 41.5 Å². The van der Waals surface area contributed by atoms with E-state index in [9.17, 15) is 0 Å². The Kier molecular flexibility index (Phi) is 4.45. The zero-order valence-electron chi connectivity index (χ0n) is 11.6. The summed E-state index contributed by atoms with van der Waals surface area (Å²) in [5.41, 5.74) is 1.68. The van der Waals surface area contributed by atoms with E-state index in [4.69, 9.17) is 5.11 Å². The lowest BCUT2D eigenvalue weighted by Crippen LogP contribution is -2.07. The number of nitrogens with one attached hydrogen (secondary N) is 2. The number of halogens is 1. The molecule has 0 aliphatic rings. The van der Waals surface area contributed by atoms with Crippen LogP contribution < -0.4 is 10.6 Å². The maximum absolute atomic E-state index is 8.88. The Balaban J connectivity index is 1.97.